The molecule has 0 saturated heterocycles. The van der Waals surface area contributed by atoms with E-state index in [1.807, 2.05) is 46.0 Å². The molecule has 134 valence electrons. The quantitative estimate of drug-likeness (QED) is 0.705. The largest absolute Gasteiger partial charge is 0.443 e. The molecule has 1 amide bonds. The van der Waals surface area contributed by atoms with Crippen molar-refractivity contribution in [2.45, 2.75) is 46.1 Å². The molecule has 0 unspecified atom stereocenters. The third-order valence-electron chi connectivity index (χ3n) is 4.44. The van der Waals surface area contributed by atoms with E-state index in [-0.39, 0.29) is 6.09 Å². The molecule has 0 aliphatic carbocycles. The Labute approximate surface area is 149 Å². The zero-order chi connectivity index (χ0) is 18.4. The summed E-state index contributed by atoms with van der Waals surface area (Å²) in [6.45, 7) is 11.9. The van der Waals surface area contributed by atoms with Gasteiger partial charge in [-0.1, -0.05) is 19.9 Å². The zero-order valence-corrected chi connectivity index (χ0v) is 15.4. The predicted molar refractivity (Wildman–Crippen MR) is 99.1 cm³/mol. The summed E-state index contributed by atoms with van der Waals surface area (Å²) < 4.78 is 7.47. The van der Waals surface area contributed by atoms with Crippen LogP contribution >= 0.6 is 0 Å². The molecule has 6 nitrogen and oxygen atoms in total. The van der Waals surface area contributed by atoms with Crippen molar-refractivity contribution in [2.24, 2.45) is 0 Å². The maximum absolute atomic E-state index is 12.8. The minimum Gasteiger partial charge on any atom is -0.443 e. The number of pyridine rings is 1. The second kappa shape index (κ2) is 7.96. The summed E-state index contributed by atoms with van der Waals surface area (Å²) in [6, 6.07) is 3.75. The Kier molecular flexibility index (Phi) is 5.96. The molecule has 25 heavy (non-hydrogen) atoms. The average molecular weight is 342 g/mol. The summed E-state index contributed by atoms with van der Waals surface area (Å²) in [5.41, 5.74) is 1.78. The first-order chi connectivity index (χ1) is 11.9. The lowest BCUT2D eigenvalue weighted by molar-refractivity contribution is 0.0239. The number of ether oxygens (including phenoxy) is 1. The molecule has 0 aliphatic rings. The number of anilines is 1. The normalized spacial score (nSPS) is 11.2. The lowest BCUT2D eigenvalue weighted by Crippen LogP contribution is -2.39. The molecule has 0 saturated carbocycles. The number of carbonyl (C=O) groups is 1. The summed E-state index contributed by atoms with van der Waals surface area (Å²) in [5.74, 6) is 0. The first-order valence-corrected chi connectivity index (χ1v) is 8.52. The molecule has 2 aromatic heterocycles. The Hall–Kier alpha value is -2.63. The topological polar surface area (TPSA) is 60.2 Å². The average Bonchev–Trinajstić information content (AvgIpc) is 3.01. The van der Waals surface area contributed by atoms with Crippen molar-refractivity contribution >= 4 is 11.8 Å². The predicted octanol–water partition coefficient (Wildman–Crippen LogP) is 4.28. The van der Waals surface area contributed by atoms with Gasteiger partial charge in [0.25, 0.3) is 0 Å². The highest BCUT2D eigenvalue weighted by Crippen LogP contribution is 2.25. The zero-order valence-electron chi connectivity index (χ0n) is 15.4. The fourth-order valence-corrected chi connectivity index (χ4v) is 2.40. The van der Waals surface area contributed by atoms with E-state index in [0.29, 0.717) is 12.2 Å². The van der Waals surface area contributed by atoms with Gasteiger partial charge in [0, 0.05) is 12.7 Å². The Morgan fingerprint density at radius 2 is 2.16 bits per heavy atom. The Balaban J connectivity index is 2.33. The van der Waals surface area contributed by atoms with Gasteiger partial charge in [-0.3, -0.25) is 9.88 Å². The van der Waals surface area contributed by atoms with Gasteiger partial charge >= 0.3 is 6.09 Å². The number of amides is 1. The molecule has 2 aromatic rings. The molecule has 0 fully saturated rings. The standard InChI is InChI=1S/C19H26N4O2/c1-6-12-22(18(24)25-19(5,7-2)8-3)17-14-23(21-15(17)4)16-10-9-11-20-13-16/h6,9-11,13-14H,1,7-8,12H2,2-5H3. The fraction of sp³-hybridized carbons (Fsp3) is 0.421. The van der Waals surface area contributed by atoms with Gasteiger partial charge in [0.2, 0.25) is 0 Å². The molecular weight excluding hydrogens is 316 g/mol. The summed E-state index contributed by atoms with van der Waals surface area (Å²) in [6.07, 6.45) is 8.04. The summed E-state index contributed by atoms with van der Waals surface area (Å²) in [4.78, 5) is 18.4. The van der Waals surface area contributed by atoms with Crippen molar-refractivity contribution < 1.29 is 9.53 Å². The van der Waals surface area contributed by atoms with E-state index in [9.17, 15) is 4.79 Å². The van der Waals surface area contributed by atoms with Crippen molar-refractivity contribution in [1.82, 2.24) is 14.8 Å². The molecular formula is C19H26N4O2. The highest BCUT2D eigenvalue weighted by molar-refractivity contribution is 5.88. The lowest BCUT2D eigenvalue weighted by Gasteiger charge is -2.30. The first kappa shape index (κ1) is 18.7. The number of rotatable bonds is 7. The van der Waals surface area contributed by atoms with E-state index >= 15 is 0 Å². The molecule has 6 heteroatoms. The minimum atomic E-state index is -0.482. The van der Waals surface area contributed by atoms with E-state index in [4.69, 9.17) is 4.74 Å². The van der Waals surface area contributed by atoms with E-state index < -0.39 is 5.60 Å². The van der Waals surface area contributed by atoms with Crippen LogP contribution in [0, 0.1) is 6.92 Å². The second-order valence-corrected chi connectivity index (χ2v) is 6.18. The third-order valence-corrected chi connectivity index (χ3v) is 4.44. The molecule has 0 bridgehead atoms. The summed E-state index contributed by atoms with van der Waals surface area (Å²) in [5, 5.41) is 4.50. The number of hydrogen-bond donors (Lipinski definition) is 0. The van der Waals surface area contributed by atoms with Crippen molar-refractivity contribution in [3.05, 3.63) is 49.1 Å². The number of aromatic nitrogens is 3. The van der Waals surface area contributed by atoms with E-state index in [1.165, 1.54) is 0 Å². The Morgan fingerprint density at radius 3 is 2.72 bits per heavy atom. The van der Waals surface area contributed by atoms with Crippen LogP contribution in [0.1, 0.15) is 39.3 Å². The van der Waals surface area contributed by atoms with Gasteiger partial charge in [-0.15, -0.1) is 6.58 Å². The molecule has 0 spiro atoms. The van der Waals surface area contributed by atoms with Gasteiger partial charge in [-0.25, -0.2) is 9.48 Å². The highest BCUT2D eigenvalue weighted by Gasteiger charge is 2.29. The van der Waals surface area contributed by atoms with Crippen LogP contribution in [0.2, 0.25) is 0 Å². The number of hydrogen-bond acceptors (Lipinski definition) is 4. The maximum Gasteiger partial charge on any atom is 0.415 e. The smallest absolute Gasteiger partial charge is 0.415 e. The van der Waals surface area contributed by atoms with Gasteiger partial charge in [-0.2, -0.15) is 5.10 Å². The van der Waals surface area contributed by atoms with Gasteiger partial charge < -0.3 is 4.74 Å². The molecule has 2 heterocycles. The molecule has 0 radical (unpaired) electrons. The maximum atomic E-state index is 12.8. The summed E-state index contributed by atoms with van der Waals surface area (Å²) >= 11 is 0. The second-order valence-electron chi connectivity index (χ2n) is 6.18. The SMILES string of the molecule is C=CCN(C(=O)OC(C)(CC)CC)c1cn(-c2cccnc2)nc1C. The van der Waals surface area contributed by atoms with Crippen LogP contribution in [-0.4, -0.2) is 33.0 Å². The lowest BCUT2D eigenvalue weighted by atomic mass is 10.0. The van der Waals surface area contributed by atoms with Gasteiger partial charge in [0.1, 0.15) is 5.60 Å². The number of nitrogens with zero attached hydrogens (tertiary/aromatic N) is 4. The number of aryl methyl sites for hydroxylation is 1. The van der Waals surface area contributed by atoms with Crippen LogP contribution in [0.4, 0.5) is 10.5 Å². The van der Waals surface area contributed by atoms with Gasteiger partial charge in [-0.05, 0) is 38.8 Å². The van der Waals surface area contributed by atoms with E-state index in [0.717, 1.165) is 24.2 Å². The van der Waals surface area contributed by atoms with Crippen molar-refractivity contribution in [3.63, 3.8) is 0 Å². The van der Waals surface area contributed by atoms with Crippen LogP contribution < -0.4 is 4.90 Å². The first-order valence-electron chi connectivity index (χ1n) is 8.52. The monoisotopic (exact) mass is 342 g/mol. The molecule has 0 N–H and O–H groups in total. The van der Waals surface area contributed by atoms with Crippen LogP contribution in [0.15, 0.2) is 43.4 Å². The summed E-state index contributed by atoms with van der Waals surface area (Å²) in [7, 11) is 0. The molecule has 0 aromatic carbocycles. The van der Waals surface area contributed by atoms with Gasteiger partial charge in [0.15, 0.2) is 0 Å². The Morgan fingerprint density at radius 1 is 1.44 bits per heavy atom. The molecule has 2 rings (SSSR count). The third kappa shape index (κ3) is 4.26. The van der Waals surface area contributed by atoms with Crippen LogP contribution in [0.5, 0.6) is 0 Å². The van der Waals surface area contributed by atoms with Crippen LogP contribution in [0.3, 0.4) is 0 Å². The van der Waals surface area contributed by atoms with Crippen LogP contribution in [-0.2, 0) is 4.74 Å². The van der Waals surface area contributed by atoms with E-state index in [1.54, 1.807) is 28.1 Å². The fourth-order valence-electron chi connectivity index (χ4n) is 2.40. The van der Waals surface area contributed by atoms with Gasteiger partial charge in [0.05, 0.1) is 29.5 Å². The number of carbonyl (C=O) groups excluding carboxylic acids is 1. The minimum absolute atomic E-state index is 0.349. The van der Waals surface area contributed by atoms with Crippen molar-refractivity contribution in [3.8, 4) is 5.69 Å². The Bertz CT molecular complexity index is 720. The highest BCUT2D eigenvalue weighted by atomic mass is 16.6. The molecule has 0 atom stereocenters. The van der Waals surface area contributed by atoms with Crippen LogP contribution in [0.25, 0.3) is 5.69 Å². The van der Waals surface area contributed by atoms with E-state index in [2.05, 4.69) is 16.7 Å². The van der Waals surface area contributed by atoms with Crippen molar-refractivity contribution in [1.29, 1.82) is 0 Å². The molecule has 0 aliphatic heterocycles. The van der Waals surface area contributed by atoms with Crippen molar-refractivity contribution in [2.75, 3.05) is 11.4 Å².